The average Bonchev–Trinajstić information content (AvgIpc) is 2.77. The summed E-state index contributed by atoms with van der Waals surface area (Å²) in [5.74, 6) is 0.523. The fourth-order valence-corrected chi connectivity index (χ4v) is 3.99. The first kappa shape index (κ1) is 19.5. The van der Waals surface area contributed by atoms with Crippen LogP contribution in [0.2, 0.25) is 0 Å². The van der Waals surface area contributed by atoms with Crippen molar-refractivity contribution in [3.8, 4) is 6.07 Å². The van der Waals surface area contributed by atoms with E-state index in [2.05, 4.69) is 31.4 Å². The van der Waals surface area contributed by atoms with Gasteiger partial charge in [0, 0.05) is 49.6 Å². The zero-order valence-electron chi connectivity index (χ0n) is 16.4. The summed E-state index contributed by atoms with van der Waals surface area (Å²) in [7, 11) is 0. The Morgan fingerprint density at radius 2 is 2.17 bits per heavy atom. The molecule has 0 saturated carbocycles. The van der Waals surface area contributed by atoms with Crippen molar-refractivity contribution in [2.24, 2.45) is 0 Å². The molecule has 0 radical (unpaired) electrons. The molecule has 0 amide bonds. The van der Waals surface area contributed by atoms with Crippen molar-refractivity contribution in [1.82, 2.24) is 24.6 Å². The Kier molecular flexibility index (Phi) is 6.12. The SMILES string of the molecule is N#Cc1nccnc1NCC1CCCCN1CCn1nc2c(cc1=O)COCC2. The molecule has 0 aromatic carbocycles. The Morgan fingerprint density at radius 1 is 1.28 bits per heavy atom. The highest BCUT2D eigenvalue weighted by Gasteiger charge is 2.23. The maximum Gasteiger partial charge on any atom is 0.267 e. The predicted octanol–water partition coefficient (Wildman–Crippen LogP) is 0.944. The number of likely N-dealkylation sites (tertiary alicyclic amines) is 1. The molecule has 9 nitrogen and oxygen atoms in total. The van der Waals surface area contributed by atoms with Crippen molar-refractivity contribution in [1.29, 1.82) is 5.26 Å². The lowest BCUT2D eigenvalue weighted by Gasteiger charge is -2.36. The van der Waals surface area contributed by atoms with Crippen LogP contribution < -0.4 is 10.9 Å². The minimum Gasteiger partial charge on any atom is -0.376 e. The third kappa shape index (κ3) is 4.60. The van der Waals surface area contributed by atoms with Crippen molar-refractivity contribution in [2.45, 2.75) is 44.9 Å². The molecule has 2 aromatic rings. The van der Waals surface area contributed by atoms with E-state index in [0.29, 0.717) is 43.9 Å². The number of hydrogen-bond acceptors (Lipinski definition) is 8. The highest BCUT2D eigenvalue weighted by atomic mass is 16.5. The van der Waals surface area contributed by atoms with E-state index < -0.39 is 0 Å². The summed E-state index contributed by atoms with van der Waals surface area (Å²) in [4.78, 5) is 23.1. The monoisotopic (exact) mass is 395 g/mol. The van der Waals surface area contributed by atoms with E-state index in [1.165, 1.54) is 12.6 Å². The largest absolute Gasteiger partial charge is 0.376 e. The predicted molar refractivity (Wildman–Crippen MR) is 106 cm³/mol. The van der Waals surface area contributed by atoms with E-state index in [9.17, 15) is 10.1 Å². The second-order valence-electron chi connectivity index (χ2n) is 7.41. The maximum absolute atomic E-state index is 12.4. The molecule has 9 heteroatoms. The van der Waals surface area contributed by atoms with Crippen molar-refractivity contribution in [2.75, 3.05) is 31.6 Å². The lowest BCUT2D eigenvalue weighted by Crippen LogP contribution is -2.46. The summed E-state index contributed by atoms with van der Waals surface area (Å²) >= 11 is 0. The molecule has 0 bridgehead atoms. The van der Waals surface area contributed by atoms with Crippen LogP contribution >= 0.6 is 0 Å². The average molecular weight is 395 g/mol. The standard InChI is InChI=1S/C20H25N7O2/c21-12-18-20(23-6-5-22-18)24-13-16-3-1-2-7-26(16)8-9-27-19(28)11-15-14-29-10-4-17(15)25-27/h5-6,11,16H,1-4,7-10,13-14H2,(H,23,24). The topological polar surface area (TPSA) is 109 Å². The lowest BCUT2D eigenvalue weighted by molar-refractivity contribution is 0.107. The molecular weight excluding hydrogens is 370 g/mol. The molecule has 2 aliphatic rings. The number of rotatable bonds is 6. The number of hydrogen-bond donors (Lipinski definition) is 1. The third-order valence-electron chi connectivity index (χ3n) is 5.56. The van der Waals surface area contributed by atoms with E-state index in [1.54, 1.807) is 16.9 Å². The van der Waals surface area contributed by atoms with Crippen LogP contribution in [0.3, 0.4) is 0 Å². The number of nitrogens with one attached hydrogen (secondary N) is 1. The lowest BCUT2D eigenvalue weighted by atomic mass is 10.0. The van der Waals surface area contributed by atoms with Crippen LogP contribution in [-0.4, -0.2) is 56.9 Å². The van der Waals surface area contributed by atoms with Crippen LogP contribution in [0.15, 0.2) is 23.3 Å². The van der Waals surface area contributed by atoms with E-state index in [0.717, 1.165) is 43.6 Å². The summed E-state index contributed by atoms with van der Waals surface area (Å²) < 4.78 is 6.99. The minimum atomic E-state index is -0.0702. The molecule has 0 aliphatic carbocycles. The molecule has 29 heavy (non-hydrogen) atoms. The van der Waals surface area contributed by atoms with Gasteiger partial charge < -0.3 is 10.1 Å². The van der Waals surface area contributed by atoms with Crippen molar-refractivity contribution < 1.29 is 4.74 Å². The number of aromatic nitrogens is 4. The zero-order valence-corrected chi connectivity index (χ0v) is 16.4. The van der Waals surface area contributed by atoms with Crippen LogP contribution in [0, 0.1) is 11.3 Å². The minimum absolute atomic E-state index is 0.0702. The van der Waals surface area contributed by atoms with Gasteiger partial charge in [-0.3, -0.25) is 9.69 Å². The van der Waals surface area contributed by atoms with Gasteiger partial charge in [0.05, 0.1) is 25.5 Å². The van der Waals surface area contributed by atoms with Crippen LogP contribution in [-0.2, 0) is 24.3 Å². The fourth-order valence-electron chi connectivity index (χ4n) is 3.99. The molecule has 1 unspecified atom stereocenters. The number of anilines is 1. The molecule has 2 aliphatic heterocycles. The third-order valence-corrected chi connectivity index (χ3v) is 5.56. The van der Waals surface area contributed by atoms with E-state index in [-0.39, 0.29) is 5.56 Å². The Morgan fingerprint density at radius 3 is 3.07 bits per heavy atom. The van der Waals surface area contributed by atoms with Crippen LogP contribution in [0.4, 0.5) is 5.82 Å². The molecule has 1 N–H and O–H groups in total. The molecule has 0 spiro atoms. The number of ether oxygens (including phenoxy) is 1. The van der Waals surface area contributed by atoms with Gasteiger partial charge in [0.1, 0.15) is 6.07 Å². The van der Waals surface area contributed by atoms with Crippen LogP contribution in [0.1, 0.15) is 36.2 Å². The van der Waals surface area contributed by atoms with Gasteiger partial charge in [-0.15, -0.1) is 0 Å². The summed E-state index contributed by atoms with van der Waals surface area (Å²) in [5.41, 5.74) is 2.12. The first-order valence-corrected chi connectivity index (χ1v) is 10.1. The number of fused-ring (bicyclic) bond motifs is 1. The van der Waals surface area contributed by atoms with Gasteiger partial charge in [-0.2, -0.15) is 10.4 Å². The second kappa shape index (κ2) is 9.11. The molecule has 4 heterocycles. The Hall–Kier alpha value is -2.83. The number of piperidine rings is 1. The molecule has 1 saturated heterocycles. The van der Waals surface area contributed by atoms with Gasteiger partial charge in [0.15, 0.2) is 11.5 Å². The van der Waals surface area contributed by atoms with Crippen molar-refractivity contribution >= 4 is 5.82 Å². The normalized spacial score (nSPS) is 19.3. The second-order valence-corrected chi connectivity index (χ2v) is 7.41. The van der Waals surface area contributed by atoms with Crippen LogP contribution in [0.25, 0.3) is 0 Å². The van der Waals surface area contributed by atoms with E-state index in [1.807, 2.05) is 0 Å². The van der Waals surface area contributed by atoms with Gasteiger partial charge in [-0.05, 0) is 19.4 Å². The quantitative estimate of drug-likeness (QED) is 0.770. The van der Waals surface area contributed by atoms with Gasteiger partial charge >= 0.3 is 0 Å². The molecule has 4 rings (SSSR count). The summed E-state index contributed by atoms with van der Waals surface area (Å²) in [5, 5.41) is 17.0. The molecule has 2 aromatic heterocycles. The van der Waals surface area contributed by atoms with Crippen molar-refractivity contribution in [3.05, 3.63) is 45.8 Å². The zero-order chi connectivity index (χ0) is 20.1. The molecule has 152 valence electrons. The molecular formula is C20H25N7O2. The number of nitriles is 1. The van der Waals surface area contributed by atoms with Crippen molar-refractivity contribution in [3.63, 3.8) is 0 Å². The fraction of sp³-hybridized carbons (Fsp3) is 0.550. The molecule has 1 fully saturated rings. The summed E-state index contributed by atoms with van der Waals surface area (Å²) in [6, 6.07) is 4.05. The Bertz CT molecular complexity index is 953. The van der Waals surface area contributed by atoms with Gasteiger partial charge in [0.25, 0.3) is 5.56 Å². The van der Waals surface area contributed by atoms with Gasteiger partial charge in [0.2, 0.25) is 0 Å². The van der Waals surface area contributed by atoms with Gasteiger partial charge in [-0.1, -0.05) is 6.42 Å². The van der Waals surface area contributed by atoms with E-state index in [4.69, 9.17) is 4.74 Å². The number of nitrogens with zero attached hydrogens (tertiary/aromatic N) is 6. The highest BCUT2D eigenvalue weighted by molar-refractivity contribution is 5.46. The summed E-state index contributed by atoms with van der Waals surface area (Å²) in [6.07, 6.45) is 7.25. The van der Waals surface area contributed by atoms with E-state index >= 15 is 0 Å². The van der Waals surface area contributed by atoms with Crippen LogP contribution in [0.5, 0.6) is 0 Å². The summed E-state index contributed by atoms with van der Waals surface area (Å²) in [6.45, 7) is 4.15. The smallest absolute Gasteiger partial charge is 0.267 e. The van der Waals surface area contributed by atoms with Gasteiger partial charge in [-0.25, -0.2) is 14.6 Å². The first-order chi connectivity index (χ1) is 14.2. The molecule has 1 atom stereocenters. The maximum atomic E-state index is 12.4. The first-order valence-electron chi connectivity index (χ1n) is 10.1. The Labute approximate surface area is 169 Å². The Balaban J connectivity index is 1.39. The highest BCUT2D eigenvalue weighted by Crippen LogP contribution is 2.18.